The lowest BCUT2D eigenvalue weighted by molar-refractivity contribution is -0.149. The van der Waals surface area contributed by atoms with Crippen molar-refractivity contribution in [3.8, 4) is 0 Å². The molecule has 0 saturated carbocycles. The van der Waals surface area contributed by atoms with Crippen molar-refractivity contribution in [1.29, 1.82) is 0 Å². The highest BCUT2D eigenvalue weighted by atomic mass is 16.5. The van der Waals surface area contributed by atoms with Crippen LogP contribution in [-0.2, 0) is 9.53 Å². The maximum absolute atomic E-state index is 12.6. The summed E-state index contributed by atoms with van der Waals surface area (Å²) in [6.45, 7) is 4.94. The average molecular weight is 317 g/mol. The zero-order valence-corrected chi connectivity index (χ0v) is 13.2. The SMILES string of the molecule is CCOC(=O)[C@@H]1CCCN(C(=O)c2nc3nccc(C)n3n2)C1. The highest BCUT2D eigenvalue weighted by Crippen LogP contribution is 2.19. The van der Waals surface area contributed by atoms with Crippen LogP contribution in [0.4, 0.5) is 0 Å². The summed E-state index contributed by atoms with van der Waals surface area (Å²) in [5.41, 5.74) is 0.851. The van der Waals surface area contributed by atoms with Gasteiger partial charge in [-0.3, -0.25) is 9.59 Å². The molecule has 3 heterocycles. The fourth-order valence-corrected chi connectivity index (χ4v) is 2.75. The van der Waals surface area contributed by atoms with Crippen molar-refractivity contribution >= 4 is 17.7 Å². The molecule has 1 fully saturated rings. The summed E-state index contributed by atoms with van der Waals surface area (Å²) in [7, 11) is 0. The van der Waals surface area contributed by atoms with Crippen molar-refractivity contribution in [3.63, 3.8) is 0 Å². The van der Waals surface area contributed by atoms with Gasteiger partial charge in [0.15, 0.2) is 0 Å². The van der Waals surface area contributed by atoms with Crippen molar-refractivity contribution in [2.75, 3.05) is 19.7 Å². The lowest BCUT2D eigenvalue weighted by Crippen LogP contribution is -2.43. The van der Waals surface area contributed by atoms with E-state index in [4.69, 9.17) is 4.74 Å². The quantitative estimate of drug-likeness (QED) is 0.780. The Balaban J connectivity index is 1.78. The zero-order valence-electron chi connectivity index (χ0n) is 13.2. The molecule has 2 aromatic heterocycles. The molecule has 0 spiro atoms. The number of hydrogen-bond donors (Lipinski definition) is 0. The number of nitrogens with zero attached hydrogens (tertiary/aromatic N) is 5. The maximum Gasteiger partial charge on any atom is 0.310 e. The van der Waals surface area contributed by atoms with Crippen LogP contribution >= 0.6 is 0 Å². The van der Waals surface area contributed by atoms with Crippen LogP contribution in [-0.4, -0.2) is 56.1 Å². The second-order valence-corrected chi connectivity index (χ2v) is 5.58. The molecule has 1 aliphatic heterocycles. The Morgan fingerprint density at radius 2 is 2.26 bits per heavy atom. The van der Waals surface area contributed by atoms with Gasteiger partial charge in [-0.15, -0.1) is 5.10 Å². The number of rotatable bonds is 3. The first-order valence-electron chi connectivity index (χ1n) is 7.74. The number of likely N-dealkylation sites (tertiary alicyclic amines) is 1. The molecule has 1 aliphatic rings. The van der Waals surface area contributed by atoms with Crippen LogP contribution < -0.4 is 0 Å². The van der Waals surface area contributed by atoms with Crippen molar-refractivity contribution < 1.29 is 14.3 Å². The second kappa shape index (κ2) is 6.31. The largest absolute Gasteiger partial charge is 0.466 e. The molecular weight excluding hydrogens is 298 g/mol. The van der Waals surface area contributed by atoms with Gasteiger partial charge in [-0.05, 0) is 32.8 Å². The fraction of sp³-hybridized carbons (Fsp3) is 0.533. The summed E-state index contributed by atoms with van der Waals surface area (Å²) >= 11 is 0. The van der Waals surface area contributed by atoms with Crippen LogP contribution in [0, 0.1) is 12.8 Å². The smallest absolute Gasteiger partial charge is 0.310 e. The lowest BCUT2D eigenvalue weighted by Gasteiger charge is -2.30. The Kier molecular flexibility index (Phi) is 4.22. The third kappa shape index (κ3) is 3.01. The molecule has 2 aromatic rings. The molecule has 122 valence electrons. The Bertz CT molecular complexity index is 742. The van der Waals surface area contributed by atoms with Crippen molar-refractivity contribution in [1.82, 2.24) is 24.5 Å². The van der Waals surface area contributed by atoms with E-state index in [0.29, 0.717) is 25.5 Å². The number of aromatic nitrogens is 4. The van der Waals surface area contributed by atoms with Gasteiger partial charge in [-0.2, -0.15) is 4.98 Å². The minimum absolute atomic E-state index is 0.108. The van der Waals surface area contributed by atoms with Crippen molar-refractivity contribution in [3.05, 3.63) is 23.8 Å². The maximum atomic E-state index is 12.6. The molecular formula is C15H19N5O3. The Morgan fingerprint density at radius 1 is 1.43 bits per heavy atom. The van der Waals surface area contributed by atoms with E-state index in [1.807, 2.05) is 6.92 Å². The predicted molar refractivity (Wildman–Crippen MR) is 80.8 cm³/mol. The summed E-state index contributed by atoms with van der Waals surface area (Å²) in [6.07, 6.45) is 3.13. The molecule has 0 unspecified atom stereocenters. The third-order valence-corrected chi connectivity index (χ3v) is 3.95. The van der Waals surface area contributed by atoms with Gasteiger partial charge >= 0.3 is 5.97 Å². The molecule has 0 aromatic carbocycles. The van der Waals surface area contributed by atoms with E-state index >= 15 is 0 Å². The molecule has 8 heteroatoms. The molecule has 1 saturated heterocycles. The fourth-order valence-electron chi connectivity index (χ4n) is 2.75. The normalized spacial score (nSPS) is 18.2. The van der Waals surface area contributed by atoms with Crippen molar-refractivity contribution in [2.45, 2.75) is 26.7 Å². The molecule has 1 amide bonds. The number of ether oxygens (including phenoxy) is 1. The standard InChI is InChI=1S/C15H19N5O3/c1-3-23-14(22)11-5-4-8-19(9-11)13(21)12-17-15-16-7-6-10(2)20(15)18-12/h6-7,11H,3-5,8-9H2,1-2H3/t11-/m1/s1. The van der Waals surface area contributed by atoms with Crippen LogP contribution in [0.5, 0.6) is 0 Å². The number of carbonyl (C=O) groups is 2. The highest BCUT2D eigenvalue weighted by Gasteiger charge is 2.31. The summed E-state index contributed by atoms with van der Waals surface area (Å²) in [5.74, 6) is -0.289. The van der Waals surface area contributed by atoms with Crippen LogP contribution in [0.3, 0.4) is 0 Å². The Morgan fingerprint density at radius 3 is 3.00 bits per heavy atom. The van der Waals surface area contributed by atoms with Gasteiger partial charge in [0, 0.05) is 25.0 Å². The number of piperidine rings is 1. The molecule has 0 aliphatic carbocycles. The van der Waals surface area contributed by atoms with Gasteiger partial charge in [0.2, 0.25) is 5.82 Å². The summed E-state index contributed by atoms with van der Waals surface area (Å²) in [6, 6.07) is 1.80. The van der Waals surface area contributed by atoms with Gasteiger partial charge < -0.3 is 9.64 Å². The zero-order chi connectivity index (χ0) is 16.4. The molecule has 3 rings (SSSR count). The van der Waals surface area contributed by atoms with Crippen molar-refractivity contribution in [2.24, 2.45) is 5.92 Å². The number of aryl methyl sites for hydroxylation is 1. The average Bonchev–Trinajstić information content (AvgIpc) is 3.00. The van der Waals surface area contributed by atoms with Crippen LogP contribution in [0.15, 0.2) is 12.3 Å². The Labute approximate surface area is 133 Å². The minimum atomic E-state index is -0.274. The monoisotopic (exact) mass is 317 g/mol. The third-order valence-electron chi connectivity index (χ3n) is 3.95. The number of fused-ring (bicyclic) bond motifs is 1. The number of hydrogen-bond acceptors (Lipinski definition) is 6. The molecule has 0 N–H and O–H groups in total. The Hall–Kier alpha value is -2.51. The molecule has 1 atom stereocenters. The predicted octanol–water partition coefficient (Wildman–Crippen LogP) is 0.848. The first kappa shape index (κ1) is 15.4. The molecule has 0 radical (unpaired) electrons. The number of esters is 1. The van der Waals surface area contributed by atoms with Crippen LogP contribution in [0.25, 0.3) is 5.78 Å². The number of carbonyl (C=O) groups excluding carboxylic acids is 2. The van der Waals surface area contributed by atoms with Gasteiger partial charge in [0.1, 0.15) is 0 Å². The van der Waals surface area contributed by atoms with Crippen LogP contribution in [0.1, 0.15) is 36.1 Å². The van der Waals surface area contributed by atoms with E-state index in [1.54, 1.807) is 28.6 Å². The first-order valence-corrected chi connectivity index (χ1v) is 7.74. The van der Waals surface area contributed by atoms with E-state index in [-0.39, 0.29) is 23.6 Å². The van der Waals surface area contributed by atoms with E-state index < -0.39 is 0 Å². The first-order chi connectivity index (χ1) is 11.1. The van der Waals surface area contributed by atoms with Gasteiger partial charge in [-0.25, -0.2) is 9.50 Å². The van der Waals surface area contributed by atoms with Crippen LogP contribution in [0.2, 0.25) is 0 Å². The van der Waals surface area contributed by atoms with E-state index in [2.05, 4.69) is 15.1 Å². The lowest BCUT2D eigenvalue weighted by atomic mass is 9.98. The molecule has 0 bridgehead atoms. The van der Waals surface area contributed by atoms with E-state index in [0.717, 1.165) is 18.5 Å². The topological polar surface area (TPSA) is 89.7 Å². The summed E-state index contributed by atoms with van der Waals surface area (Å²) in [5, 5.41) is 4.23. The van der Waals surface area contributed by atoms with Gasteiger partial charge in [0.25, 0.3) is 11.7 Å². The molecule has 23 heavy (non-hydrogen) atoms. The van der Waals surface area contributed by atoms with E-state index in [9.17, 15) is 9.59 Å². The minimum Gasteiger partial charge on any atom is -0.466 e. The highest BCUT2D eigenvalue weighted by molar-refractivity contribution is 5.91. The summed E-state index contributed by atoms with van der Waals surface area (Å²) in [4.78, 5) is 34.4. The summed E-state index contributed by atoms with van der Waals surface area (Å²) < 4.78 is 6.60. The van der Waals surface area contributed by atoms with E-state index in [1.165, 1.54) is 0 Å². The molecule has 8 nitrogen and oxygen atoms in total. The second-order valence-electron chi connectivity index (χ2n) is 5.58. The number of amides is 1. The van der Waals surface area contributed by atoms with Gasteiger partial charge in [-0.1, -0.05) is 0 Å². The van der Waals surface area contributed by atoms with Gasteiger partial charge in [0.05, 0.1) is 12.5 Å².